The number of piperidine rings is 1. The maximum absolute atomic E-state index is 12.1. The monoisotopic (exact) mass is 320 g/mol. The zero-order valence-electron chi connectivity index (χ0n) is 13.7. The van der Waals surface area contributed by atoms with E-state index < -0.39 is 0 Å². The van der Waals surface area contributed by atoms with Crippen molar-refractivity contribution >= 4 is 12.0 Å². The number of carbonyl (C=O) groups excluding carboxylic acids is 2. The average molecular weight is 320 g/mol. The fraction of sp³-hybridized carbons (Fsp3) is 0.529. The fourth-order valence-electron chi connectivity index (χ4n) is 2.78. The van der Waals surface area contributed by atoms with Crippen LogP contribution >= 0.6 is 0 Å². The summed E-state index contributed by atoms with van der Waals surface area (Å²) in [6.07, 6.45) is 2.51. The van der Waals surface area contributed by atoms with Crippen LogP contribution in [0.5, 0.6) is 5.75 Å². The molecule has 0 aliphatic carbocycles. The molecule has 1 aliphatic heterocycles. The molecule has 1 fully saturated rings. The highest BCUT2D eigenvalue weighted by Gasteiger charge is 2.24. The lowest BCUT2D eigenvalue weighted by molar-refractivity contribution is -0.122. The van der Waals surface area contributed by atoms with Crippen LogP contribution in [-0.4, -0.2) is 50.3 Å². The zero-order valence-corrected chi connectivity index (χ0v) is 13.7. The van der Waals surface area contributed by atoms with Gasteiger partial charge in [0.05, 0.1) is 14.2 Å². The summed E-state index contributed by atoms with van der Waals surface area (Å²) in [4.78, 5) is 25.3. The number of benzene rings is 1. The summed E-state index contributed by atoms with van der Waals surface area (Å²) >= 11 is 0. The number of amides is 2. The molecular weight excluding hydrogens is 296 g/mol. The second-order valence-corrected chi connectivity index (χ2v) is 5.67. The summed E-state index contributed by atoms with van der Waals surface area (Å²) in [6, 6.07) is 7.72. The Labute approximate surface area is 136 Å². The summed E-state index contributed by atoms with van der Waals surface area (Å²) < 4.78 is 9.91. The summed E-state index contributed by atoms with van der Waals surface area (Å²) in [5.41, 5.74) is 1.07. The highest BCUT2D eigenvalue weighted by atomic mass is 16.5. The molecule has 0 aromatic heterocycles. The second kappa shape index (κ2) is 8.41. The third-order valence-corrected chi connectivity index (χ3v) is 3.99. The van der Waals surface area contributed by atoms with Gasteiger partial charge in [0.2, 0.25) is 5.91 Å². The van der Waals surface area contributed by atoms with Crippen LogP contribution in [0.2, 0.25) is 0 Å². The molecule has 0 spiro atoms. The SMILES string of the molecule is COC(=O)N1CCCC(NC(=O)CCc2cccc(OC)c2)C1. The highest BCUT2D eigenvalue weighted by molar-refractivity contribution is 5.76. The third-order valence-electron chi connectivity index (χ3n) is 3.99. The van der Waals surface area contributed by atoms with E-state index in [1.807, 2.05) is 24.3 Å². The topological polar surface area (TPSA) is 67.9 Å². The number of aryl methyl sites for hydroxylation is 1. The highest BCUT2D eigenvalue weighted by Crippen LogP contribution is 2.15. The minimum Gasteiger partial charge on any atom is -0.497 e. The lowest BCUT2D eigenvalue weighted by Gasteiger charge is -2.32. The van der Waals surface area contributed by atoms with Gasteiger partial charge in [-0.25, -0.2) is 4.79 Å². The van der Waals surface area contributed by atoms with Gasteiger partial charge in [-0.1, -0.05) is 12.1 Å². The maximum Gasteiger partial charge on any atom is 0.409 e. The number of ether oxygens (including phenoxy) is 2. The molecule has 1 aromatic rings. The van der Waals surface area contributed by atoms with E-state index in [0.29, 0.717) is 25.9 Å². The van der Waals surface area contributed by atoms with Crippen molar-refractivity contribution in [2.24, 2.45) is 0 Å². The Hall–Kier alpha value is -2.24. The van der Waals surface area contributed by atoms with Crippen LogP contribution in [0.1, 0.15) is 24.8 Å². The van der Waals surface area contributed by atoms with Crippen LogP contribution in [0.25, 0.3) is 0 Å². The molecule has 0 saturated carbocycles. The van der Waals surface area contributed by atoms with Crippen LogP contribution < -0.4 is 10.1 Å². The maximum atomic E-state index is 12.1. The largest absolute Gasteiger partial charge is 0.497 e. The lowest BCUT2D eigenvalue weighted by Crippen LogP contribution is -2.49. The first kappa shape index (κ1) is 17.1. The Bertz CT molecular complexity index is 547. The number of rotatable bonds is 5. The summed E-state index contributed by atoms with van der Waals surface area (Å²) in [7, 11) is 3.00. The zero-order chi connectivity index (χ0) is 16.7. The van der Waals surface area contributed by atoms with E-state index in [-0.39, 0.29) is 18.0 Å². The molecule has 1 heterocycles. The number of methoxy groups -OCH3 is 2. The van der Waals surface area contributed by atoms with Gasteiger partial charge >= 0.3 is 6.09 Å². The van der Waals surface area contributed by atoms with E-state index in [9.17, 15) is 9.59 Å². The summed E-state index contributed by atoms with van der Waals surface area (Å²) in [5.74, 6) is 0.799. The Morgan fingerprint density at radius 3 is 2.91 bits per heavy atom. The van der Waals surface area contributed by atoms with Crippen LogP contribution in [-0.2, 0) is 16.0 Å². The quantitative estimate of drug-likeness (QED) is 0.901. The lowest BCUT2D eigenvalue weighted by atomic mass is 10.1. The predicted octanol–water partition coefficient (Wildman–Crippen LogP) is 1.97. The van der Waals surface area contributed by atoms with Gasteiger partial charge in [0.1, 0.15) is 5.75 Å². The first-order chi connectivity index (χ1) is 11.1. The Balaban J connectivity index is 1.79. The molecule has 2 rings (SSSR count). The van der Waals surface area contributed by atoms with E-state index in [2.05, 4.69) is 5.32 Å². The number of carbonyl (C=O) groups is 2. The van der Waals surface area contributed by atoms with E-state index in [4.69, 9.17) is 9.47 Å². The average Bonchev–Trinajstić information content (AvgIpc) is 2.59. The molecule has 6 nitrogen and oxygen atoms in total. The van der Waals surface area contributed by atoms with E-state index in [1.54, 1.807) is 12.0 Å². The van der Waals surface area contributed by atoms with Gasteiger partial charge < -0.3 is 19.7 Å². The van der Waals surface area contributed by atoms with Crippen molar-refractivity contribution in [1.82, 2.24) is 10.2 Å². The van der Waals surface area contributed by atoms with Gasteiger partial charge in [-0.2, -0.15) is 0 Å². The standard InChI is InChI=1S/C17H24N2O4/c1-22-15-7-3-5-13(11-15)8-9-16(20)18-14-6-4-10-19(12-14)17(21)23-2/h3,5,7,11,14H,4,6,8-10,12H2,1-2H3,(H,18,20). The normalized spacial score (nSPS) is 17.5. The molecule has 1 aliphatic rings. The molecule has 1 aromatic carbocycles. The van der Waals surface area contributed by atoms with E-state index >= 15 is 0 Å². The minimum absolute atomic E-state index is 0.000611. The van der Waals surface area contributed by atoms with E-state index in [0.717, 1.165) is 24.2 Å². The molecule has 1 atom stereocenters. The smallest absolute Gasteiger partial charge is 0.409 e. The third kappa shape index (κ3) is 5.16. The Morgan fingerprint density at radius 2 is 2.17 bits per heavy atom. The summed E-state index contributed by atoms with van der Waals surface area (Å²) in [5, 5.41) is 3.01. The van der Waals surface area contributed by atoms with E-state index in [1.165, 1.54) is 7.11 Å². The van der Waals surface area contributed by atoms with Crippen molar-refractivity contribution in [3.8, 4) is 5.75 Å². The van der Waals surface area contributed by atoms with Gasteiger partial charge in [-0.3, -0.25) is 4.79 Å². The predicted molar refractivity (Wildman–Crippen MR) is 86.5 cm³/mol. The van der Waals surface area contributed by atoms with Gasteiger partial charge in [0, 0.05) is 25.6 Å². The molecule has 126 valence electrons. The van der Waals surface area contributed by atoms with Crippen molar-refractivity contribution in [3.05, 3.63) is 29.8 Å². The van der Waals surface area contributed by atoms with Crippen molar-refractivity contribution < 1.29 is 19.1 Å². The Kier molecular flexibility index (Phi) is 6.26. The molecule has 2 amide bonds. The van der Waals surface area contributed by atoms with Crippen LogP contribution in [0, 0.1) is 0 Å². The number of hydrogen-bond acceptors (Lipinski definition) is 4. The van der Waals surface area contributed by atoms with Gasteiger partial charge in [-0.15, -0.1) is 0 Å². The number of nitrogens with zero attached hydrogens (tertiary/aromatic N) is 1. The molecule has 23 heavy (non-hydrogen) atoms. The van der Waals surface area contributed by atoms with Gasteiger partial charge in [0.25, 0.3) is 0 Å². The van der Waals surface area contributed by atoms with Gasteiger partial charge in [-0.05, 0) is 37.0 Å². The van der Waals surface area contributed by atoms with Crippen LogP contribution in [0.3, 0.4) is 0 Å². The van der Waals surface area contributed by atoms with Crippen LogP contribution in [0.15, 0.2) is 24.3 Å². The first-order valence-corrected chi connectivity index (χ1v) is 7.87. The first-order valence-electron chi connectivity index (χ1n) is 7.87. The molecule has 6 heteroatoms. The van der Waals surface area contributed by atoms with Gasteiger partial charge in [0.15, 0.2) is 0 Å². The molecule has 0 radical (unpaired) electrons. The minimum atomic E-state index is -0.333. The fourth-order valence-corrected chi connectivity index (χ4v) is 2.78. The van der Waals surface area contributed by atoms with Crippen molar-refractivity contribution in [2.45, 2.75) is 31.7 Å². The van der Waals surface area contributed by atoms with Crippen molar-refractivity contribution in [1.29, 1.82) is 0 Å². The summed E-state index contributed by atoms with van der Waals surface area (Å²) in [6.45, 7) is 1.19. The molecule has 1 saturated heterocycles. The molecule has 0 bridgehead atoms. The molecule has 1 N–H and O–H groups in total. The Morgan fingerprint density at radius 1 is 1.35 bits per heavy atom. The molecule has 1 unspecified atom stereocenters. The van der Waals surface area contributed by atoms with Crippen molar-refractivity contribution in [3.63, 3.8) is 0 Å². The second-order valence-electron chi connectivity index (χ2n) is 5.67. The number of hydrogen-bond donors (Lipinski definition) is 1. The van der Waals surface area contributed by atoms with Crippen molar-refractivity contribution in [2.75, 3.05) is 27.3 Å². The van der Waals surface area contributed by atoms with Crippen LogP contribution in [0.4, 0.5) is 4.79 Å². The number of likely N-dealkylation sites (tertiary alicyclic amines) is 1. The number of nitrogens with one attached hydrogen (secondary N) is 1. The molecular formula is C17H24N2O4.